The van der Waals surface area contributed by atoms with E-state index < -0.39 is 69.1 Å². The highest BCUT2D eigenvalue weighted by molar-refractivity contribution is 7.80. The minimum absolute atomic E-state index is 0.00662. The first kappa shape index (κ1) is 99.8. The van der Waals surface area contributed by atoms with Gasteiger partial charge in [-0.1, -0.05) is 97.9 Å². The van der Waals surface area contributed by atoms with E-state index in [0.29, 0.717) is 129 Å². The summed E-state index contributed by atoms with van der Waals surface area (Å²) in [4.78, 5) is 124. The van der Waals surface area contributed by atoms with Gasteiger partial charge in [0.15, 0.2) is 5.96 Å². The second-order valence-electron chi connectivity index (χ2n) is 40.6. The number of hydrogen-bond donors (Lipinski definition) is 6. The molecule has 752 valence electrons. The third-order valence-electron chi connectivity index (χ3n) is 25.2. The minimum atomic E-state index is -4.79. The second kappa shape index (κ2) is 41.0. The third-order valence-corrected chi connectivity index (χ3v) is 25.6. The highest BCUT2D eigenvalue weighted by Gasteiger charge is 2.55. The standard InChI is InChI=1S/C26H34N6O5.C20H24N4O3.C19H23N5O3.C14H22N4O4.C13H19N7O6S/c1-17(27-23(33)37-25(2,3)4)28-26(12-13-26)14-21-29-30-22(36-21)20-11-10-19-15-31(20)24(34)32(19)35-16-18-8-6-5-7-9-18;1-20(9-10-20)11-17-21-22-18(27-17)16-8-7-15-12-23(16)19(25)24(15)26-13-14-5-3-2-4-6-14;20-19(8-9-19)10-16-21-22-17(27-16)15-7-6-14-11-23(15)18(25)24(14)26-12-13-4-2-1-3-5-13;1-13(2,3)21-11(19)16-10(18-9-7-8-15-18)17-12(20)22-14(4,5)6;14-11(15)16-13(3-4-13)5-9-17-18-10(25-9)8-2-1-7-6-19(8)12(21)20(7)26-27(22,23)24/h5-9,19-20H,10-16H2,1-4H3,(H,27,28,33);2-6,15-16H,7-13H2,1H3;1-5,14-15H,6-12,20H2;7-9H,1-6H3,(H,16,17,19,20);7-8H,1-6H2,(H4,14,15,16)(H,22,23,24)/t19-,20+;15-,16+;14-,15+;;7-,8+/m111.1/s1. The first-order valence-corrected chi connectivity index (χ1v) is 48.5. The molecule has 8 aromatic rings. The Kier molecular flexibility index (Phi) is 29.2. The van der Waals surface area contributed by atoms with Crippen LogP contribution in [0.3, 0.4) is 0 Å². The summed E-state index contributed by atoms with van der Waals surface area (Å²) in [7, 11) is -4.79. The van der Waals surface area contributed by atoms with Crippen molar-refractivity contribution < 1.29 is 97.2 Å². The number of nitrogens with two attached hydrogens (primary N) is 3. The lowest BCUT2D eigenvalue weighted by Crippen LogP contribution is -2.40. The number of urea groups is 4. The van der Waals surface area contributed by atoms with Gasteiger partial charge in [0.1, 0.15) is 66.6 Å². The molecule has 8 atom stereocenters. The average molecular weight is 1960 g/mol. The Bertz CT molecular complexity index is 5780. The molecule has 48 heteroatoms. The number of guanidine groups is 1. The maximum Gasteiger partial charge on any atom is 0.437 e. The first-order valence-electron chi connectivity index (χ1n) is 47.1. The van der Waals surface area contributed by atoms with Crippen molar-refractivity contribution >= 4 is 70.6 Å². The van der Waals surface area contributed by atoms with Crippen LogP contribution in [0, 0.1) is 5.41 Å². The zero-order valence-corrected chi connectivity index (χ0v) is 81.1. The molecule has 140 heavy (non-hydrogen) atoms. The summed E-state index contributed by atoms with van der Waals surface area (Å²) in [5.74, 6) is 4.26. The topological polar surface area (TPSA) is 577 Å². The molecule has 5 aromatic heterocycles. The zero-order valence-electron chi connectivity index (χ0n) is 80.2. The summed E-state index contributed by atoms with van der Waals surface area (Å²) in [6.45, 7) is 22.9. The van der Waals surface area contributed by atoms with Crippen LogP contribution in [0.1, 0.15) is 267 Å². The van der Waals surface area contributed by atoms with Gasteiger partial charge in [-0.3, -0.25) is 34.7 Å². The number of ether oxygens (including phenoxy) is 3. The largest absolute Gasteiger partial charge is 0.444 e. The molecular weight excluding hydrogens is 1840 g/mol. The summed E-state index contributed by atoms with van der Waals surface area (Å²) >= 11 is 0. The SMILES string of the molecule is CC(=NC1(Cc2nnc([C@@H]3CC[C@@H]4CN3C(=O)N4OCc3ccccc3)o2)CC1)NC(=O)OC(C)(C)C.CC(C)(C)OC(=O)N=C(NC(=O)OC(C)(C)C)n1cccn1.CC1(Cc2nnc([C@@H]3CC[C@@H]4CN3C(=O)N4OCc3ccccc3)o2)CC1.NC(N)=NC1(Cc2nnc([C@@H]3CC[C@@H]4CN3C(=O)N4OS(=O)(=O)O)o2)CC1.NC1(Cc2nnc([C@@H]3CC[C@@H]4CN3C(=O)N4OCc3ccccc3)o2)CC1. The number of amidine groups is 1. The Morgan fingerprint density at radius 1 is 0.464 bits per heavy atom. The highest BCUT2D eigenvalue weighted by Crippen LogP contribution is 2.50. The Balaban J connectivity index is 0.000000128. The van der Waals surface area contributed by atoms with Crippen LogP contribution < -0.4 is 27.8 Å². The molecular formula is C92H122N26O21S. The van der Waals surface area contributed by atoms with Gasteiger partial charge in [-0.15, -0.1) is 50.1 Å². The normalized spacial score (nSPS) is 23.1. The summed E-state index contributed by atoms with van der Waals surface area (Å²) < 4.78 is 75.4. The van der Waals surface area contributed by atoms with Crippen LogP contribution in [0.2, 0.25) is 0 Å². The summed E-state index contributed by atoms with van der Waals surface area (Å²) in [6, 6.07) is 28.7. The fraction of sp³-hybridized carbons (Fsp3) is 0.576. The van der Waals surface area contributed by atoms with Crippen LogP contribution in [-0.4, -0.2) is 247 Å². The van der Waals surface area contributed by atoms with E-state index in [0.717, 1.165) is 100 Å². The Morgan fingerprint density at radius 2 is 0.814 bits per heavy atom. The maximum absolute atomic E-state index is 13.1. The van der Waals surface area contributed by atoms with Gasteiger partial charge in [-0.25, -0.2) is 43.2 Å². The number of nitrogens with zero attached hydrogens (tertiary/aromatic N) is 21. The van der Waals surface area contributed by atoms with Crippen molar-refractivity contribution in [3.8, 4) is 0 Å². The van der Waals surface area contributed by atoms with Crippen molar-refractivity contribution in [3.63, 3.8) is 0 Å². The molecule has 13 heterocycles. The molecule has 20 rings (SSSR count). The van der Waals surface area contributed by atoms with Crippen LogP contribution in [0.15, 0.2) is 142 Å². The molecule has 0 radical (unpaired) electrons. The van der Waals surface area contributed by atoms with E-state index >= 15 is 0 Å². The number of carbonyl (C=O) groups is 7. The number of hydroxylamine groups is 8. The van der Waals surface area contributed by atoms with Crippen molar-refractivity contribution in [3.05, 3.63) is 173 Å². The monoisotopic (exact) mass is 1960 g/mol. The van der Waals surface area contributed by atoms with E-state index in [1.54, 1.807) is 64.3 Å². The predicted octanol–water partition coefficient (Wildman–Crippen LogP) is 11.5. The van der Waals surface area contributed by atoms with Gasteiger partial charge in [0.2, 0.25) is 53.1 Å². The number of nitrogens with one attached hydrogen (secondary N) is 2. The number of fused-ring (bicyclic) bond motifs is 8. The van der Waals surface area contributed by atoms with Crippen molar-refractivity contribution in [2.24, 2.45) is 37.6 Å². The van der Waals surface area contributed by atoms with E-state index in [9.17, 15) is 42.0 Å². The highest BCUT2D eigenvalue weighted by atomic mass is 32.3. The summed E-state index contributed by atoms with van der Waals surface area (Å²) in [6.07, 6.45) is 16.8. The van der Waals surface area contributed by atoms with Crippen LogP contribution >= 0.6 is 0 Å². The van der Waals surface area contributed by atoms with Gasteiger partial charge < -0.3 is 68.7 Å². The molecule has 9 N–H and O–H groups in total. The van der Waals surface area contributed by atoms with E-state index in [2.05, 4.69) is 77.7 Å². The van der Waals surface area contributed by atoms with Crippen LogP contribution in [0.25, 0.3) is 0 Å². The smallest absolute Gasteiger partial charge is 0.437 e. The fourth-order valence-electron chi connectivity index (χ4n) is 17.6. The summed E-state index contributed by atoms with van der Waals surface area (Å²) in [5.41, 5.74) is 17.6. The Morgan fingerprint density at radius 3 is 1.15 bits per heavy atom. The number of carbonyl (C=O) groups excluding carboxylic acids is 7. The van der Waals surface area contributed by atoms with Gasteiger partial charge in [0.05, 0.1) is 48.1 Å². The molecule has 3 aromatic carbocycles. The molecule has 8 bridgehead atoms. The van der Waals surface area contributed by atoms with Crippen molar-refractivity contribution in [2.45, 2.75) is 306 Å². The molecule has 11 amide bonds. The zero-order chi connectivity index (χ0) is 99.4. The van der Waals surface area contributed by atoms with Crippen LogP contribution in [0.5, 0.6) is 0 Å². The minimum Gasteiger partial charge on any atom is -0.444 e. The summed E-state index contributed by atoms with van der Waals surface area (Å²) in [5, 5.41) is 47.6. The number of rotatable bonds is 25. The van der Waals surface area contributed by atoms with Crippen LogP contribution in [0.4, 0.5) is 33.6 Å². The molecule has 47 nitrogen and oxygen atoms in total. The molecule has 8 saturated heterocycles. The van der Waals surface area contributed by atoms with Gasteiger partial charge in [-0.05, 0) is 200 Å². The number of amides is 11. The van der Waals surface area contributed by atoms with E-state index in [4.69, 9.17) is 73.1 Å². The van der Waals surface area contributed by atoms with Crippen molar-refractivity contribution in [1.29, 1.82) is 0 Å². The number of aliphatic imine (C=N–C) groups is 3. The van der Waals surface area contributed by atoms with Gasteiger partial charge in [0.25, 0.3) is 0 Å². The number of alkyl carbamates (subject to hydrolysis) is 2. The lowest BCUT2D eigenvalue weighted by molar-refractivity contribution is -0.140. The van der Waals surface area contributed by atoms with Crippen molar-refractivity contribution in [1.82, 2.24) is 101 Å². The third kappa shape index (κ3) is 26.1. The lowest BCUT2D eigenvalue weighted by Gasteiger charge is -2.27. The first-order chi connectivity index (χ1) is 66.4. The van der Waals surface area contributed by atoms with Gasteiger partial charge in [-0.2, -0.15) is 33.8 Å². The van der Waals surface area contributed by atoms with E-state index in [1.807, 2.05) is 117 Å². The quantitative estimate of drug-likeness (QED) is 0.0134. The molecule has 12 fully saturated rings. The molecule has 0 spiro atoms. The Hall–Kier alpha value is -13.2. The number of benzene rings is 3. The molecule has 8 aliphatic heterocycles. The molecule has 4 aliphatic carbocycles. The second-order valence-corrected chi connectivity index (χ2v) is 41.6. The van der Waals surface area contributed by atoms with E-state index in [1.165, 1.54) is 50.0 Å². The molecule has 12 aliphatic rings. The number of piperidine rings is 4. The van der Waals surface area contributed by atoms with Gasteiger partial charge >= 0.3 is 52.8 Å². The maximum atomic E-state index is 13.1. The van der Waals surface area contributed by atoms with Crippen LogP contribution in [-0.2, 0) is 88.9 Å². The lowest BCUT2D eigenvalue weighted by atomic mass is 10.0. The predicted molar refractivity (Wildman–Crippen MR) is 494 cm³/mol. The van der Waals surface area contributed by atoms with Crippen molar-refractivity contribution in [2.75, 3.05) is 26.2 Å². The fourth-order valence-corrected chi connectivity index (χ4v) is 18.0. The van der Waals surface area contributed by atoms with E-state index in [-0.39, 0.29) is 89.8 Å². The average Bonchev–Trinajstić information content (AvgIpc) is 1.61. The molecule has 0 unspecified atom stereocenters. The Labute approximate surface area is 808 Å². The number of hydrogen-bond acceptors (Lipinski definition) is 32. The number of aromatic nitrogens is 10. The molecule has 4 saturated carbocycles. The van der Waals surface area contributed by atoms with Gasteiger partial charge in [0, 0.05) is 57.0 Å².